The van der Waals surface area contributed by atoms with Gasteiger partial charge in [-0.05, 0) is 70.3 Å². The van der Waals surface area contributed by atoms with E-state index in [2.05, 4.69) is 19.7 Å². The summed E-state index contributed by atoms with van der Waals surface area (Å²) >= 11 is 0. The lowest BCUT2D eigenvalue weighted by Gasteiger charge is -2.57. The molecule has 0 rings (SSSR count). The van der Waals surface area contributed by atoms with Crippen LogP contribution >= 0.6 is 0 Å². The van der Waals surface area contributed by atoms with Crippen molar-refractivity contribution in [2.45, 2.75) is 179 Å². The Balaban J connectivity index is 6.98. The number of esters is 1. The molecule has 0 aromatic rings. The van der Waals surface area contributed by atoms with Gasteiger partial charge in [-0.25, -0.2) is 4.79 Å². The van der Waals surface area contributed by atoms with Crippen LogP contribution < -0.4 is 0 Å². The number of carbonyl (C=O) groups excluding carboxylic acids is 1. The van der Waals surface area contributed by atoms with Gasteiger partial charge in [0.15, 0.2) is 8.32 Å². The summed E-state index contributed by atoms with van der Waals surface area (Å²) in [7, 11) is -8.92. The first-order chi connectivity index (χ1) is 20.5. The van der Waals surface area contributed by atoms with Crippen LogP contribution in [0.2, 0.25) is 50.4 Å². The third-order valence-corrected chi connectivity index (χ3v) is 23.4. The zero-order valence-corrected chi connectivity index (χ0v) is 32.7. The summed E-state index contributed by atoms with van der Waals surface area (Å²) < 4.78 is 102. The van der Waals surface area contributed by atoms with E-state index in [1.165, 1.54) is 0 Å². The van der Waals surface area contributed by atoms with Crippen molar-refractivity contribution < 1.29 is 44.7 Å². The van der Waals surface area contributed by atoms with Crippen molar-refractivity contribution in [2.24, 2.45) is 0 Å². The molecule has 13 heteroatoms. The normalized spacial score (nSPS) is 17.3. The van der Waals surface area contributed by atoms with Crippen LogP contribution in [-0.4, -0.2) is 60.1 Å². The molecular formula is C32H62F6O4Si3. The number of halogens is 6. The molecule has 0 aliphatic rings. The highest BCUT2D eigenvalue weighted by Crippen LogP contribution is 2.48. The van der Waals surface area contributed by atoms with Gasteiger partial charge in [0, 0.05) is 23.6 Å². The molecule has 45 heavy (non-hydrogen) atoms. The summed E-state index contributed by atoms with van der Waals surface area (Å²) in [6.07, 6.45) is -6.04. The van der Waals surface area contributed by atoms with Crippen molar-refractivity contribution in [3.63, 3.8) is 0 Å². The molecule has 0 N–H and O–H groups in total. The number of hydrogen-bond donors (Lipinski definition) is 0. The third kappa shape index (κ3) is 13.8. The minimum atomic E-state index is -4.41. The van der Waals surface area contributed by atoms with Gasteiger partial charge in [-0.3, -0.25) is 0 Å². The van der Waals surface area contributed by atoms with Gasteiger partial charge < -0.3 is 13.6 Å². The number of alkyl halides is 6. The molecule has 0 aliphatic heterocycles. The van der Waals surface area contributed by atoms with E-state index in [9.17, 15) is 31.1 Å². The Kier molecular flexibility index (Phi) is 18.0. The standard InChI is InChI=1S/C32H62F6O4Si3/c1-12-17-24-44(10,25-20-31(33,34)35)41-30(16-5,19-13-2)45(11,26-21-32(36,37)38)42-29(14-3,15-4)43(8,9)23-18-22-40-28(39)27(6)7/h6,12-26H2,1-5,7-11H3. The largest absolute Gasteiger partial charge is 0.462 e. The van der Waals surface area contributed by atoms with Crippen molar-refractivity contribution in [1.29, 1.82) is 0 Å². The van der Waals surface area contributed by atoms with Crippen LogP contribution in [0.1, 0.15) is 106 Å². The summed E-state index contributed by atoms with van der Waals surface area (Å²) in [5.74, 6) is -0.458. The van der Waals surface area contributed by atoms with Crippen molar-refractivity contribution in [1.82, 2.24) is 0 Å². The Hall–Kier alpha value is -0.639. The van der Waals surface area contributed by atoms with Gasteiger partial charge >= 0.3 is 18.3 Å². The predicted octanol–water partition coefficient (Wildman–Crippen LogP) is 11.7. The molecule has 3 unspecified atom stereocenters. The summed E-state index contributed by atoms with van der Waals surface area (Å²) in [4.78, 5) is 11.9. The van der Waals surface area contributed by atoms with Gasteiger partial charge in [-0.15, -0.1) is 0 Å². The Labute approximate surface area is 272 Å². The Morgan fingerprint density at radius 2 is 1.18 bits per heavy atom. The smallest absolute Gasteiger partial charge is 0.388 e. The maximum Gasteiger partial charge on any atom is 0.388 e. The van der Waals surface area contributed by atoms with Gasteiger partial charge in [-0.1, -0.05) is 79.6 Å². The van der Waals surface area contributed by atoms with Crippen molar-refractivity contribution in [3.8, 4) is 0 Å². The molecule has 0 amide bonds. The minimum Gasteiger partial charge on any atom is -0.462 e. The van der Waals surface area contributed by atoms with Gasteiger partial charge in [0.05, 0.1) is 19.9 Å². The third-order valence-electron chi connectivity index (χ3n) is 9.84. The molecule has 0 spiro atoms. The van der Waals surface area contributed by atoms with Crippen molar-refractivity contribution >= 4 is 30.7 Å². The van der Waals surface area contributed by atoms with Gasteiger partial charge in [0.1, 0.15) is 0 Å². The quantitative estimate of drug-likeness (QED) is 0.0348. The van der Waals surface area contributed by atoms with E-state index in [0.717, 1.165) is 12.5 Å². The monoisotopic (exact) mass is 708 g/mol. The number of rotatable bonds is 23. The van der Waals surface area contributed by atoms with Crippen LogP contribution in [-0.2, 0) is 18.4 Å². The lowest BCUT2D eigenvalue weighted by Crippen LogP contribution is -2.70. The molecule has 268 valence electrons. The second-order valence-electron chi connectivity index (χ2n) is 13.9. The predicted molar refractivity (Wildman–Crippen MR) is 180 cm³/mol. The summed E-state index contributed by atoms with van der Waals surface area (Å²) in [6, 6.07) is 0.904. The van der Waals surface area contributed by atoms with Crippen LogP contribution in [0, 0.1) is 0 Å². The van der Waals surface area contributed by atoms with Crippen molar-refractivity contribution in [3.05, 3.63) is 12.2 Å². The first-order valence-corrected chi connectivity index (χ1v) is 25.5. The van der Waals surface area contributed by atoms with Gasteiger partial charge in [0.25, 0.3) is 0 Å². The molecular weight excluding hydrogens is 647 g/mol. The topological polar surface area (TPSA) is 44.8 Å². The fourth-order valence-electron chi connectivity index (χ4n) is 6.81. The van der Waals surface area contributed by atoms with Crippen LogP contribution in [0.4, 0.5) is 26.3 Å². The molecule has 0 saturated heterocycles. The van der Waals surface area contributed by atoms with E-state index in [1.54, 1.807) is 6.92 Å². The summed E-state index contributed by atoms with van der Waals surface area (Å²) in [5.41, 5.74) is 0.314. The van der Waals surface area contributed by atoms with E-state index in [1.807, 2.05) is 47.7 Å². The first-order valence-electron chi connectivity index (χ1n) is 16.8. The first kappa shape index (κ1) is 44.4. The van der Waals surface area contributed by atoms with E-state index in [-0.39, 0.29) is 18.7 Å². The average Bonchev–Trinajstić information content (AvgIpc) is 2.93. The molecule has 0 radical (unpaired) electrons. The molecule has 0 aromatic carbocycles. The molecule has 4 nitrogen and oxygen atoms in total. The van der Waals surface area contributed by atoms with Gasteiger partial charge in [-0.2, -0.15) is 26.3 Å². The Bertz CT molecular complexity index is 910. The van der Waals surface area contributed by atoms with Crippen LogP contribution in [0.25, 0.3) is 0 Å². The zero-order valence-electron chi connectivity index (χ0n) is 29.7. The molecule has 0 saturated carbocycles. The fraction of sp³-hybridized carbons (Fsp3) is 0.906. The highest BCUT2D eigenvalue weighted by atomic mass is 28.4. The Morgan fingerprint density at radius 1 is 0.667 bits per heavy atom. The second kappa shape index (κ2) is 18.2. The highest BCUT2D eigenvalue weighted by Gasteiger charge is 2.60. The molecule has 0 aliphatic carbocycles. The minimum absolute atomic E-state index is 0.123. The Morgan fingerprint density at radius 3 is 1.60 bits per heavy atom. The van der Waals surface area contributed by atoms with Crippen LogP contribution in [0.15, 0.2) is 12.2 Å². The van der Waals surface area contributed by atoms with Crippen LogP contribution in [0.5, 0.6) is 0 Å². The fourth-order valence-corrected chi connectivity index (χ4v) is 21.3. The molecule has 3 atom stereocenters. The van der Waals surface area contributed by atoms with Crippen LogP contribution in [0.3, 0.4) is 0 Å². The van der Waals surface area contributed by atoms with E-state index >= 15 is 0 Å². The summed E-state index contributed by atoms with van der Waals surface area (Å²) in [6.45, 7) is 23.3. The van der Waals surface area contributed by atoms with Crippen molar-refractivity contribution in [2.75, 3.05) is 6.61 Å². The number of unbranched alkanes of at least 4 members (excludes halogenated alkanes) is 1. The molecule has 0 bridgehead atoms. The SMILES string of the molecule is C=C(C)C(=O)OCCC[Si](C)(C)C(CC)(CC)O[Si](C)(CCC(F)(F)F)C(CC)(CCC)O[Si](C)(CCCC)CCC(F)(F)F. The lowest BCUT2D eigenvalue weighted by atomic mass is 10.1. The number of ether oxygens (including phenoxy) is 1. The second-order valence-corrected chi connectivity index (χ2v) is 27.3. The zero-order chi connectivity index (χ0) is 35.4. The van der Waals surface area contributed by atoms with E-state index < -0.39 is 66.3 Å². The molecule has 0 heterocycles. The average molecular weight is 709 g/mol. The van der Waals surface area contributed by atoms with E-state index in [0.29, 0.717) is 56.6 Å². The lowest BCUT2D eigenvalue weighted by molar-refractivity contribution is -0.139. The number of hydrogen-bond acceptors (Lipinski definition) is 4. The molecule has 0 aromatic heterocycles. The summed E-state index contributed by atoms with van der Waals surface area (Å²) in [5, 5.41) is -1.76. The van der Waals surface area contributed by atoms with E-state index in [4.69, 9.17) is 13.6 Å². The maximum atomic E-state index is 13.9. The molecule has 0 fully saturated rings. The number of carbonyl (C=O) groups is 1. The highest BCUT2D eigenvalue weighted by molar-refractivity contribution is 6.83. The van der Waals surface area contributed by atoms with Gasteiger partial charge in [0.2, 0.25) is 8.32 Å². The maximum absolute atomic E-state index is 13.9.